The van der Waals surface area contributed by atoms with Crippen molar-refractivity contribution in [1.82, 2.24) is 0 Å². The molecule has 0 radical (unpaired) electrons. The van der Waals surface area contributed by atoms with Crippen LogP contribution in [0, 0.1) is 5.92 Å². The zero-order valence-corrected chi connectivity index (χ0v) is 12.7. The highest BCUT2D eigenvalue weighted by Crippen LogP contribution is 2.39. The summed E-state index contributed by atoms with van der Waals surface area (Å²) in [6, 6.07) is 3.61. The van der Waals surface area contributed by atoms with E-state index in [2.05, 4.69) is 0 Å². The van der Waals surface area contributed by atoms with Gasteiger partial charge in [-0.15, -0.1) is 0 Å². The molecule has 110 valence electrons. The Morgan fingerprint density at radius 3 is 2.15 bits per heavy atom. The molecule has 0 unspecified atom stereocenters. The minimum absolute atomic E-state index is 0.238. The monoisotopic (exact) mass is 278 g/mol. The van der Waals surface area contributed by atoms with E-state index < -0.39 is 0 Å². The van der Waals surface area contributed by atoms with Crippen molar-refractivity contribution in [3.63, 3.8) is 0 Å². The van der Waals surface area contributed by atoms with E-state index in [1.807, 2.05) is 32.9 Å². The molecule has 4 nitrogen and oxygen atoms in total. The van der Waals surface area contributed by atoms with E-state index >= 15 is 0 Å². The zero-order chi connectivity index (χ0) is 15.1. The Morgan fingerprint density at radius 1 is 1.20 bits per heavy atom. The van der Waals surface area contributed by atoms with Crippen molar-refractivity contribution in [3.05, 3.63) is 23.8 Å². The standard InChI is InChI=1S/C16H22O4/c1-6-7-12-9-13(18-4)16(14(10-12)19-5)20-15(17)8-11(2)3/h6-7,9-11H,8H2,1-5H3. The van der Waals surface area contributed by atoms with Gasteiger partial charge in [-0.05, 0) is 30.5 Å². The number of allylic oxidation sites excluding steroid dienone is 1. The molecule has 0 bridgehead atoms. The van der Waals surface area contributed by atoms with Crippen LogP contribution in [0.2, 0.25) is 0 Å². The normalized spacial score (nSPS) is 10.9. The molecule has 0 aliphatic carbocycles. The number of carbonyl (C=O) groups is 1. The second kappa shape index (κ2) is 7.58. The predicted molar refractivity (Wildman–Crippen MR) is 79.3 cm³/mol. The van der Waals surface area contributed by atoms with Gasteiger partial charge in [-0.2, -0.15) is 0 Å². The summed E-state index contributed by atoms with van der Waals surface area (Å²) in [7, 11) is 3.07. The fourth-order valence-electron chi connectivity index (χ4n) is 1.78. The first-order valence-corrected chi connectivity index (χ1v) is 6.61. The first-order valence-electron chi connectivity index (χ1n) is 6.61. The van der Waals surface area contributed by atoms with Crippen molar-refractivity contribution in [2.45, 2.75) is 27.2 Å². The van der Waals surface area contributed by atoms with Crippen LogP contribution in [-0.4, -0.2) is 20.2 Å². The maximum atomic E-state index is 11.8. The first-order chi connectivity index (χ1) is 9.51. The Kier molecular flexibility index (Phi) is 6.10. The number of hydrogen-bond acceptors (Lipinski definition) is 4. The lowest BCUT2D eigenvalue weighted by atomic mass is 10.1. The highest BCUT2D eigenvalue weighted by Gasteiger charge is 2.17. The molecule has 4 heteroatoms. The third-order valence-corrected chi connectivity index (χ3v) is 2.63. The van der Waals surface area contributed by atoms with Crippen LogP contribution in [0.1, 0.15) is 32.8 Å². The molecule has 0 saturated carbocycles. The second-order valence-corrected chi connectivity index (χ2v) is 4.83. The van der Waals surface area contributed by atoms with Gasteiger partial charge < -0.3 is 14.2 Å². The fraction of sp³-hybridized carbons (Fsp3) is 0.438. The third kappa shape index (κ3) is 4.30. The molecule has 0 N–H and O–H groups in total. The largest absolute Gasteiger partial charge is 0.493 e. The molecular formula is C16H22O4. The van der Waals surface area contributed by atoms with Gasteiger partial charge in [0.25, 0.3) is 0 Å². The van der Waals surface area contributed by atoms with E-state index in [0.29, 0.717) is 23.7 Å². The van der Waals surface area contributed by atoms with Crippen molar-refractivity contribution < 1.29 is 19.0 Å². The van der Waals surface area contributed by atoms with Crippen molar-refractivity contribution in [3.8, 4) is 17.2 Å². The lowest BCUT2D eigenvalue weighted by Gasteiger charge is -2.14. The van der Waals surface area contributed by atoms with Crippen LogP contribution in [0.5, 0.6) is 17.2 Å². The van der Waals surface area contributed by atoms with Crippen LogP contribution in [0.15, 0.2) is 18.2 Å². The van der Waals surface area contributed by atoms with Gasteiger partial charge >= 0.3 is 5.97 Å². The van der Waals surface area contributed by atoms with E-state index in [4.69, 9.17) is 14.2 Å². The summed E-state index contributed by atoms with van der Waals surface area (Å²) in [6.07, 6.45) is 4.19. The van der Waals surface area contributed by atoms with Crippen molar-refractivity contribution in [2.75, 3.05) is 14.2 Å². The van der Waals surface area contributed by atoms with Crippen molar-refractivity contribution >= 4 is 12.0 Å². The topological polar surface area (TPSA) is 44.8 Å². The summed E-state index contributed by atoms with van der Waals surface area (Å²) in [5, 5.41) is 0. The van der Waals surface area contributed by atoms with Gasteiger partial charge in [0.15, 0.2) is 11.5 Å². The predicted octanol–water partition coefficient (Wildman–Crippen LogP) is 3.69. The van der Waals surface area contributed by atoms with E-state index in [1.165, 1.54) is 14.2 Å². The summed E-state index contributed by atoms with van der Waals surface area (Å²) < 4.78 is 16.0. The molecule has 0 spiro atoms. The highest BCUT2D eigenvalue weighted by atomic mass is 16.6. The Hall–Kier alpha value is -1.97. The van der Waals surface area contributed by atoms with Gasteiger partial charge in [-0.25, -0.2) is 0 Å². The average molecular weight is 278 g/mol. The van der Waals surface area contributed by atoms with E-state index in [0.717, 1.165) is 5.56 Å². The summed E-state index contributed by atoms with van der Waals surface area (Å²) in [4.78, 5) is 11.8. The number of esters is 1. The number of methoxy groups -OCH3 is 2. The van der Waals surface area contributed by atoms with Crippen LogP contribution in [0.3, 0.4) is 0 Å². The highest BCUT2D eigenvalue weighted by molar-refractivity contribution is 5.75. The molecule has 20 heavy (non-hydrogen) atoms. The first kappa shape index (κ1) is 16.1. The van der Waals surface area contributed by atoms with E-state index in [-0.39, 0.29) is 11.9 Å². The summed E-state index contributed by atoms with van der Waals surface area (Å²) in [5.41, 5.74) is 0.921. The van der Waals surface area contributed by atoms with E-state index in [1.54, 1.807) is 12.1 Å². The molecule has 1 aromatic rings. The molecule has 1 aromatic carbocycles. The van der Waals surface area contributed by atoms with Gasteiger partial charge in [0, 0.05) is 6.42 Å². The van der Waals surface area contributed by atoms with Crippen LogP contribution in [0.4, 0.5) is 0 Å². The summed E-state index contributed by atoms with van der Waals surface area (Å²) in [6.45, 7) is 5.85. The lowest BCUT2D eigenvalue weighted by Crippen LogP contribution is -2.12. The maximum Gasteiger partial charge on any atom is 0.311 e. The summed E-state index contributed by atoms with van der Waals surface area (Å²) in [5.74, 6) is 1.23. The quantitative estimate of drug-likeness (QED) is 0.588. The van der Waals surface area contributed by atoms with Crippen LogP contribution >= 0.6 is 0 Å². The molecule has 0 heterocycles. The van der Waals surface area contributed by atoms with Gasteiger partial charge in [0.1, 0.15) is 0 Å². The molecule has 1 rings (SSSR count). The van der Waals surface area contributed by atoms with E-state index in [9.17, 15) is 4.79 Å². The van der Waals surface area contributed by atoms with Gasteiger partial charge in [-0.1, -0.05) is 26.0 Å². The molecule has 0 amide bonds. The zero-order valence-electron chi connectivity index (χ0n) is 12.7. The Balaban J connectivity index is 3.13. The molecule has 0 aromatic heterocycles. The molecule has 0 fully saturated rings. The third-order valence-electron chi connectivity index (χ3n) is 2.63. The Bertz CT molecular complexity index is 464. The number of benzene rings is 1. The number of rotatable bonds is 6. The molecule has 0 aliphatic heterocycles. The van der Waals surface area contributed by atoms with Crippen molar-refractivity contribution in [2.24, 2.45) is 5.92 Å². The molecule has 0 saturated heterocycles. The SMILES string of the molecule is CC=Cc1cc(OC)c(OC(=O)CC(C)C)c(OC)c1. The van der Waals surface area contributed by atoms with Gasteiger partial charge in [0.05, 0.1) is 14.2 Å². The number of ether oxygens (including phenoxy) is 3. The van der Waals surface area contributed by atoms with Crippen molar-refractivity contribution in [1.29, 1.82) is 0 Å². The minimum Gasteiger partial charge on any atom is -0.493 e. The minimum atomic E-state index is -0.296. The van der Waals surface area contributed by atoms with Gasteiger partial charge in [-0.3, -0.25) is 4.79 Å². The number of hydrogen-bond donors (Lipinski definition) is 0. The fourth-order valence-corrected chi connectivity index (χ4v) is 1.78. The summed E-state index contributed by atoms with van der Waals surface area (Å²) >= 11 is 0. The molecule has 0 aliphatic rings. The lowest BCUT2D eigenvalue weighted by molar-refractivity contribution is -0.135. The van der Waals surface area contributed by atoms with Crippen LogP contribution < -0.4 is 14.2 Å². The average Bonchev–Trinajstić information content (AvgIpc) is 2.39. The Morgan fingerprint density at radius 2 is 1.75 bits per heavy atom. The molecular weight excluding hydrogens is 256 g/mol. The Labute approximate surface area is 120 Å². The maximum absolute atomic E-state index is 11.8. The molecule has 0 atom stereocenters. The smallest absolute Gasteiger partial charge is 0.311 e. The number of carbonyl (C=O) groups excluding carboxylic acids is 1. The van der Waals surface area contributed by atoms with Gasteiger partial charge in [0.2, 0.25) is 5.75 Å². The van der Waals surface area contributed by atoms with Crippen LogP contribution in [0.25, 0.3) is 6.08 Å². The van der Waals surface area contributed by atoms with Crippen LogP contribution in [-0.2, 0) is 4.79 Å². The second-order valence-electron chi connectivity index (χ2n) is 4.83.